The van der Waals surface area contributed by atoms with Gasteiger partial charge >= 0.3 is 6.03 Å². The number of methoxy groups -OCH3 is 1. The number of urea groups is 1. The summed E-state index contributed by atoms with van der Waals surface area (Å²) < 4.78 is 5.11. The second-order valence-corrected chi connectivity index (χ2v) is 6.76. The molecule has 0 bridgehead atoms. The van der Waals surface area contributed by atoms with Crippen LogP contribution in [0.25, 0.3) is 0 Å². The van der Waals surface area contributed by atoms with E-state index in [0.717, 1.165) is 22.4 Å². The van der Waals surface area contributed by atoms with Gasteiger partial charge in [-0.1, -0.05) is 36.4 Å². The molecule has 2 amide bonds. The number of nitrogens with two attached hydrogens (primary N) is 1. The molecule has 0 unspecified atom stereocenters. The third-order valence-electron chi connectivity index (χ3n) is 4.64. The molecular weight excluding hydrogens is 380 g/mol. The van der Waals surface area contributed by atoms with Crippen LogP contribution < -0.4 is 21.1 Å². The molecule has 0 aliphatic rings. The number of nitrogen functional groups attached to an aromatic ring is 1. The molecule has 1 heterocycles. The number of hydrogen-bond acceptors (Lipinski definition) is 5. The van der Waals surface area contributed by atoms with Gasteiger partial charge in [0.05, 0.1) is 19.0 Å². The predicted octanol–water partition coefficient (Wildman–Crippen LogP) is 3.10. The lowest BCUT2D eigenvalue weighted by atomic mass is 10.0. The highest BCUT2D eigenvalue weighted by atomic mass is 16.5. The molecule has 3 aromatic rings. The number of carbonyl (C=O) groups excluding carboxylic acids is 2. The Morgan fingerprint density at radius 3 is 2.10 bits per heavy atom. The van der Waals surface area contributed by atoms with Crippen LogP contribution in [0.15, 0.2) is 67.0 Å². The van der Waals surface area contributed by atoms with Crippen molar-refractivity contribution < 1.29 is 14.3 Å². The molecule has 0 fully saturated rings. The molecule has 0 saturated carbocycles. The number of carbonyl (C=O) groups is 2. The monoisotopic (exact) mass is 404 g/mol. The number of anilines is 1. The number of aromatic nitrogens is 1. The summed E-state index contributed by atoms with van der Waals surface area (Å²) in [6, 6.07) is 16.1. The molecule has 0 spiro atoms. The number of Topliss-reactive ketones (excluding diaryl/α,β-unsaturated/α-hetero) is 1. The zero-order valence-corrected chi connectivity index (χ0v) is 16.7. The van der Waals surface area contributed by atoms with Gasteiger partial charge in [-0.05, 0) is 34.9 Å². The van der Waals surface area contributed by atoms with Gasteiger partial charge in [0.2, 0.25) is 0 Å². The summed E-state index contributed by atoms with van der Waals surface area (Å²) in [5.74, 6) is 0.749. The standard InChI is InChI=1S/C23H24N4O3/c1-30-20-8-4-17(5-9-20)14-27-23(29)26-13-16-2-6-18(7-3-16)22(28)12-19-10-11-25-15-21(19)24/h2-11,15H,12-14,24H2,1H3,(H2,26,27,29). The topological polar surface area (TPSA) is 106 Å². The second-order valence-electron chi connectivity index (χ2n) is 6.76. The normalized spacial score (nSPS) is 10.3. The van der Waals surface area contributed by atoms with Crippen LogP contribution in [0, 0.1) is 0 Å². The lowest BCUT2D eigenvalue weighted by molar-refractivity contribution is 0.0993. The van der Waals surface area contributed by atoms with Crippen LogP contribution in [0.3, 0.4) is 0 Å². The van der Waals surface area contributed by atoms with E-state index in [1.165, 1.54) is 6.20 Å². The number of nitrogens with zero attached hydrogens (tertiary/aromatic N) is 1. The molecular formula is C23H24N4O3. The number of rotatable bonds is 8. The fraction of sp³-hybridized carbons (Fsp3) is 0.174. The van der Waals surface area contributed by atoms with Crippen molar-refractivity contribution >= 4 is 17.5 Å². The van der Waals surface area contributed by atoms with Gasteiger partial charge in [-0.25, -0.2) is 4.79 Å². The lowest BCUT2D eigenvalue weighted by Gasteiger charge is -2.09. The summed E-state index contributed by atoms with van der Waals surface area (Å²) in [6.07, 6.45) is 3.38. The third-order valence-corrected chi connectivity index (χ3v) is 4.64. The Morgan fingerprint density at radius 2 is 1.53 bits per heavy atom. The quantitative estimate of drug-likeness (QED) is 0.500. The molecule has 0 radical (unpaired) electrons. The van der Waals surface area contributed by atoms with E-state index in [9.17, 15) is 9.59 Å². The maximum Gasteiger partial charge on any atom is 0.315 e. The number of amides is 2. The summed E-state index contributed by atoms with van der Waals surface area (Å²) >= 11 is 0. The lowest BCUT2D eigenvalue weighted by Crippen LogP contribution is -2.34. The van der Waals surface area contributed by atoms with Gasteiger partial charge < -0.3 is 21.1 Å². The van der Waals surface area contributed by atoms with Crippen LogP contribution in [0.2, 0.25) is 0 Å². The van der Waals surface area contributed by atoms with E-state index in [4.69, 9.17) is 10.5 Å². The SMILES string of the molecule is COc1ccc(CNC(=O)NCc2ccc(C(=O)Cc3ccncc3N)cc2)cc1. The van der Waals surface area contributed by atoms with Gasteiger partial charge in [0.25, 0.3) is 0 Å². The minimum Gasteiger partial charge on any atom is -0.497 e. The highest BCUT2D eigenvalue weighted by molar-refractivity contribution is 5.98. The Bertz CT molecular complexity index is 1000. The molecule has 1 aromatic heterocycles. The van der Waals surface area contributed by atoms with E-state index in [2.05, 4.69) is 15.6 Å². The Morgan fingerprint density at radius 1 is 0.933 bits per heavy atom. The summed E-state index contributed by atoms with van der Waals surface area (Å²) in [5, 5.41) is 5.61. The molecule has 2 aromatic carbocycles. The fourth-order valence-corrected chi connectivity index (χ4v) is 2.85. The zero-order chi connectivity index (χ0) is 21.3. The van der Waals surface area contributed by atoms with Crippen LogP contribution in [0.4, 0.5) is 10.5 Å². The third kappa shape index (κ3) is 5.81. The van der Waals surface area contributed by atoms with Crippen LogP contribution in [0.5, 0.6) is 5.75 Å². The molecule has 3 rings (SSSR count). The fourth-order valence-electron chi connectivity index (χ4n) is 2.85. The maximum atomic E-state index is 12.4. The van der Waals surface area contributed by atoms with Gasteiger partial charge in [-0.3, -0.25) is 9.78 Å². The Balaban J connectivity index is 1.46. The highest BCUT2D eigenvalue weighted by Crippen LogP contribution is 2.14. The largest absolute Gasteiger partial charge is 0.497 e. The highest BCUT2D eigenvalue weighted by Gasteiger charge is 2.09. The van der Waals surface area contributed by atoms with Crippen molar-refractivity contribution in [3.8, 4) is 5.75 Å². The number of ketones is 1. The summed E-state index contributed by atoms with van der Waals surface area (Å²) in [5.41, 5.74) is 9.58. The van der Waals surface area contributed by atoms with Gasteiger partial charge in [0, 0.05) is 31.3 Å². The first-order valence-corrected chi connectivity index (χ1v) is 9.50. The van der Waals surface area contributed by atoms with Crippen molar-refractivity contribution in [2.24, 2.45) is 0 Å². The Labute approximate surface area is 175 Å². The molecule has 4 N–H and O–H groups in total. The number of hydrogen-bond donors (Lipinski definition) is 3. The van der Waals surface area contributed by atoms with Crippen molar-refractivity contribution in [3.05, 3.63) is 89.2 Å². The van der Waals surface area contributed by atoms with E-state index in [1.54, 1.807) is 31.5 Å². The molecule has 7 nitrogen and oxygen atoms in total. The summed E-state index contributed by atoms with van der Waals surface area (Å²) in [6.45, 7) is 0.779. The smallest absolute Gasteiger partial charge is 0.315 e. The average Bonchev–Trinajstić information content (AvgIpc) is 2.78. The van der Waals surface area contributed by atoms with E-state index in [0.29, 0.717) is 24.3 Å². The molecule has 0 aliphatic carbocycles. The number of nitrogens with one attached hydrogen (secondary N) is 2. The van der Waals surface area contributed by atoms with E-state index in [1.807, 2.05) is 36.4 Å². The van der Waals surface area contributed by atoms with E-state index in [-0.39, 0.29) is 18.2 Å². The summed E-state index contributed by atoms with van der Waals surface area (Å²) in [4.78, 5) is 28.4. The van der Waals surface area contributed by atoms with Crippen LogP contribution in [0.1, 0.15) is 27.0 Å². The van der Waals surface area contributed by atoms with Crippen molar-refractivity contribution in [1.82, 2.24) is 15.6 Å². The molecule has 0 saturated heterocycles. The minimum absolute atomic E-state index is 0.0235. The average molecular weight is 404 g/mol. The Kier molecular flexibility index (Phi) is 7.00. The first-order chi connectivity index (χ1) is 14.5. The predicted molar refractivity (Wildman–Crippen MR) is 115 cm³/mol. The van der Waals surface area contributed by atoms with Crippen LogP contribution in [-0.4, -0.2) is 23.9 Å². The Hall–Kier alpha value is -3.87. The van der Waals surface area contributed by atoms with Crippen LogP contribution in [-0.2, 0) is 19.5 Å². The van der Waals surface area contributed by atoms with Crippen molar-refractivity contribution in [2.75, 3.05) is 12.8 Å². The first kappa shape index (κ1) is 20.9. The van der Waals surface area contributed by atoms with Gasteiger partial charge in [0.15, 0.2) is 5.78 Å². The first-order valence-electron chi connectivity index (χ1n) is 9.50. The van der Waals surface area contributed by atoms with Crippen molar-refractivity contribution in [3.63, 3.8) is 0 Å². The van der Waals surface area contributed by atoms with Gasteiger partial charge in [-0.15, -0.1) is 0 Å². The van der Waals surface area contributed by atoms with Crippen molar-refractivity contribution in [1.29, 1.82) is 0 Å². The minimum atomic E-state index is -0.265. The molecule has 0 atom stereocenters. The maximum absolute atomic E-state index is 12.4. The molecule has 7 heteroatoms. The molecule has 30 heavy (non-hydrogen) atoms. The van der Waals surface area contributed by atoms with Gasteiger partial charge in [0.1, 0.15) is 5.75 Å². The second kappa shape index (κ2) is 10.1. The van der Waals surface area contributed by atoms with E-state index < -0.39 is 0 Å². The number of pyridine rings is 1. The number of ether oxygens (including phenoxy) is 1. The number of benzene rings is 2. The molecule has 0 aliphatic heterocycles. The van der Waals surface area contributed by atoms with Gasteiger partial charge in [-0.2, -0.15) is 0 Å². The summed E-state index contributed by atoms with van der Waals surface area (Å²) in [7, 11) is 1.61. The van der Waals surface area contributed by atoms with Crippen molar-refractivity contribution in [2.45, 2.75) is 19.5 Å². The molecule has 154 valence electrons. The van der Waals surface area contributed by atoms with E-state index >= 15 is 0 Å². The van der Waals surface area contributed by atoms with Crippen LogP contribution >= 0.6 is 0 Å². The zero-order valence-electron chi connectivity index (χ0n) is 16.7.